The van der Waals surface area contributed by atoms with E-state index in [2.05, 4.69) is 35.1 Å². The summed E-state index contributed by atoms with van der Waals surface area (Å²) in [4.78, 5) is 67.5. The smallest absolute Gasteiger partial charge is 0.167 e. The van der Waals surface area contributed by atoms with Gasteiger partial charge in [-0.05, 0) is 111 Å². The molecule has 2 heterocycles. The van der Waals surface area contributed by atoms with Gasteiger partial charge < -0.3 is 10.2 Å². The van der Waals surface area contributed by atoms with Crippen LogP contribution >= 0.6 is 23.5 Å². The predicted molar refractivity (Wildman–Crippen MR) is 266 cm³/mol. The average molecular weight is 1150 g/mol. The van der Waals surface area contributed by atoms with E-state index in [9.17, 15) is 34.2 Å². The monoisotopic (exact) mass is 1150 g/mol. The second kappa shape index (κ2) is 25.5. The van der Waals surface area contributed by atoms with E-state index in [1.165, 1.54) is 32.4 Å². The van der Waals surface area contributed by atoms with Crippen LogP contribution in [0, 0.1) is 67.2 Å². The number of aryl methyl sites for hydroxylation is 8. The summed E-state index contributed by atoms with van der Waals surface area (Å²) in [5.41, 5.74) is 9.60. The van der Waals surface area contributed by atoms with E-state index in [0.29, 0.717) is 34.4 Å². The number of allylic oxidation sites excluding steroid dienone is 4. The Morgan fingerprint density at radius 1 is 0.612 bits per heavy atom. The molecule has 0 bridgehead atoms. The summed E-state index contributed by atoms with van der Waals surface area (Å²) in [5, 5.41) is 22.1. The van der Waals surface area contributed by atoms with Gasteiger partial charge in [-0.15, -0.1) is 23.5 Å². The van der Waals surface area contributed by atoms with Crippen molar-refractivity contribution < 1.29 is 42.2 Å². The van der Waals surface area contributed by atoms with Gasteiger partial charge in [0.25, 0.3) is 0 Å². The summed E-state index contributed by atoms with van der Waals surface area (Å²) in [5.74, 6) is 0.959. The first-order chi connectivity index (χ1) is 31.5. The Kier molecular flexibility index (Phi) is 20.9. The van der Waals surface area contributed by atoms with Gasteiger partial charge in [0.05, 0.1) is 21.4 Å². The number of nitrogens with zero attached hydrogens (tertiary/aromatic N) is 2. The molecule has 2 aliphatic carbocycles. The average Bonchev–Trinajstić information content (AvgIpc) is 3.19. The molecule has 6 rings (SSSR count). The number of thioether (sulfide) groups is 2. The summed E-state index contributed by atoms with van der Waals surface area (Å²) in [7, 11) is 0. The van der Waals surface area contributed by atoms with Crippen LogP contribution < -0.4 is 3.12 Å². The number of carbonyl (C=O) groups excluding carboxylic acids is 5. The fourth-order valence-corrected chi connectivity index (χ4v) is 20.7. The third-order valence-electron chi connectivity index (χ3n) is 10.9. The van der Waals surface area contributed by atoms with Gasteiger partial charge in [0, 0.05) is 44.2 Å². The number of ketones is 2. The Labute approximate surface area is 410 Å². The second-order valence-corrected chi connectivity index (χ2v) is 28.3. The molecular weight excluding hydrogens is 1080 g/mol. The SMILES string of the molecule is CC(=O)[O][Pb]([O]C(C)=O)([O]C(C)=O)[c]1c(C)cc(C)cc1C.Cc1ccc(SCCC2CC(=O)C(c3c(C)cc(C)cc3C)=C(O)C2)nc1.Cc1ccc(SCCC2CC(=O)C=C(O)C2)nc1. The number of hydrogen-bond acceptors (Lipinski definition) is 14. The Hall–Kier alpha value is -4.81. The zero-order valence-electron chi connectivity index (χ0n) is 40.5. The molecule has 0 saturated carbocycles. The van der Waals surface area contributed by atoms with E-state index in [0.717, 1.165) is 78.9 Å². The van der Waals surface area contributed by atoms with Gasteiger partial charge in [-0.25, -0.2) is 9.97 Å². The Balaban J connectivity index is 0.000000224. The van der Waals surface area contributed by atoms with E-state index < -0.39 is 40.4 Å². The zero-order chi connectivity index (χ0) is 49.6. The van der Waals surface area contributed by atoms with Crippen LogP contribution in [0.5, 0.6) is 0 Å². The summed E-state index contributed by atoms with van der Waals surface area (Å²) in [6.07, 6.45) is 9.20. The number of benzene rings is 2. The number of pyridine rings is 2. The van der Waals surface area contributed by atoms with Crippen molar-refractivity contribution in [1.29, 1.82) is 0 Å². The molecule has 0 spiro atoms. The van der Waals surface area contributed by atoms with Crippen molar-refractivity contribution in [1.82, 2.24) is 9.97 Å². The van der Waals surface area contributed by atoms with Crippen LogP contribution in [-0.2, 0) is 32.0 Å². The van der Waals surface area contributed by atoms with Gasteiger partial charge >= 0.3 is 136 Å². The van der Waals surface area contributed by atoms with Crippen molar-refractivity contribution in [2.24, 2.45) is 11.8 Å². The molecule has 2 atom stereocenters. The summed E-state index contributed by atoms with van der Waals surface area (Å²) in [6.45, 7) is 19.2. The molecule has 0 fully saturated rings. The number of carbonyl (C=O) groups is 5. The molecule has 2 aromatic carbocycles. The van der Waals surface area contributed by atoms with Crippen LogP contribution in [0.3, 0.4) is 0 Å². The fourth-order valence-electron chi connectivity index (χ4n) is 8.38. The minimum absolute atomic E-state index is 0.0437. The number of rotatable bonds is 13. The second-order valence-electron chi connectivity index (χ2n) is 17.4. The molecule has 4 aromatic rings. The molecule has 2 aromatic heterocycles. The first-order valence-corrected chi connectivity index (χ1v) is 31.0. The Bertz CT molecular complexity index is 2420. The first kappa shape index (κ1) is 54.8. The fraction of sp³-hybridized carbons (Fsp3) is 0.404. The van der Waals surface area contributed by atoms with Gasteiger partial charge in [-0.1, -0.05) is 29.8 Å². The standard InChI is InChI=1S/C23H27NO2S.C14H17NO2S.C9H11.3C2H4O2.Pb/c1-14-5-6-21(24-13-14)27-8-7-18-11-19(25)23(20(26)12-18)22-16(3)9-15(2)10-17(22)4;1-10-2-3-14(15-9-10)18-5-4-11-6-12(16)8-13(17)7-11;1-7-4-8(2)6-9(3)5-7;3*1-2(3)4;/h5-6,9-10,13,18,25H,7-8,11-12H2,1-4H3;2-3,8-9,11,16H,4-7H2,1H3;4-5H,1-3H3;3*1H3,(H,3,4);/q;;;;;;+3/p-3. The molecule has 2 unspecified atom stereocenters. The topological polar surface area (TPSA) is 179 Å². The van der Waals surface area contributed by atoms with Crippen LogP contribution in [0.2, 0.25) is 0 Å². The maximum absolute atomic E-state index is 12.8. The van der Waals surface area contributed by atoms with E-state index >= 15 is 0 Å². The third-order valence-corrected chi connectivity index (χ3v) is 24.8. The molecule has 0 amide bonds. The minimum atomic E-state index is -5.10. The number of aliphatic hydroxyl groups excluding tert-OH is 2. The molecule has 0 aliphatic heterocycles. The normalized spacial score (nSPS) is 15.9. The van der Waals surface area contributed by atoms with Crippen LogP contribution in [0.25, 0.3) is 5.57 Å². The van der Waals surface area contributed by atoms with Crippen molar-refractivity contribution in [2.75, 3.05) is 11.5 Å². The Morgan fingerprint density at radius 2 is 1.04 bits per heavy atom. The van der Waals surface area contributed by atoms with Crippen LogP contribution in [0.4, 0.5) is 0 Å². The van der Waals surface area contributed by atoms with E-state index in [1.54, 1.807) is 37.4 Å². The van der Waals surface area contributed by atoms with Gasteiger partial charge in [-0.3, -0.25) is 9.59 Å². The van der Waals surface area contributed by atoms with Crippen molar-refractivity contribution >= 4 is 84.2 Å². The molecule has 358 valence electrons. The molecule has 2 N–H and O–H groups in total. The molecule has 0 saturated heterocycles. The van der Waals surface area contributed by atoms with Gasteiger partial charge in [0.15, 0.2) is 11.6 Å². The van der Waals surface area contributed by atoms with E-state index in [4.69, 9.17) is 8.06 Å². The molecule has 67 heavy (non-hydrogen) atoms. The van der Waals surface area contributed by atoms with Crippen LogP contribution in [0.1, 0.15) is 109 Å². The molecule has 2 aliphatic rings. The molecule has 12 nitrogen and oxygen atoms in total. The maximum atomic E-state index is 12.8. The number of hydrogen-bond donors (Lipinski definition) is 2. The number of aromatic nitrogens is 2. The largest absolute Gasteiger partial charge is 0.512 e. The molecular formula is C52H64N2O10PbS2. The van der Waals surface area contributed by atoms with E-state index in [-0.39, 0.29) is 34.9 Å². The molecule has 15 heteroatoms. The minimum Gasteiger partial charge on any atom is -0.512 e. The third kappa shape index (κ3) is 17.0. The number of aliphatic hydroxyl groups is 2. The Morgan fingerprint density at radius 3 is 1.43 bits per heavy atom. The van der Waals surface area contributed by atoms with E-state index in [1.807, 2.05) is 77.3 Å². The predicted octanol–water partition coefficient (Wildman–Crippen LogP) is 10.5. The van der Waals surface area contributed by atoms with Gasteiger partial charge in [-0.2, -0.15) is 0 Å². The quantitative estimate of drug-likeness (QED) is 0.0954. The van der Waals surface area contributed by atoms with Crippen LogP contribution in [-0.4, -0.2) is 83.7 Å². The molecule has 0 radical (unpaired) electrons. The van der Waals surface area contributed by atoms with Gasteiger partial charge in [0.2, 0.25) is 0 Å². The number of Topliss-reactive ketones (excluding diaryl/α,β-unsaturated/α-hetero) is 1. The van der Waals surface area contributed by atoms with Crippen molar-refractivity contribution in [3.05, 3.63) is 129 Å². The summed E-state index contributed by atoms with van der Waals surface area (Å²) < 4.78 is 16.6. The van der Waals surface area contributed by atoms with Crippen molar-refractivity contribution in [3.63, 3.8) is 0 Å². The summed E-state index contributed by atoms with van der Waals surface area (Å²) in [6, 6.07) is 16.1. The van der Waals surface area contributed by atoms with Crippen molar-refractivity contribution in [3.8, 4) is 0 Å². The maximum Gasteiger partial charge on any atom is 0.167 e. The van der Waals surface area contributed by atoms with Crippen LogP contribution in [0.15, 0.2) is 88.6 Å². The van der Waals surface area contributed by atoms with Gasteiger partial charge in [0.1, 0.15) is 5.76 Å². The zero-order valence-corrected chi connectivity index (χ0v) is 46.1. The summed E-state index contributed by atoms with van der Waals surface area (Å²) >= 11 is -1.69. The van der Waals surface area contributed by atoms with Crippen molar-refractivity contribution in [2.45, 2.75) is 125 Å². The first-order valence-electron chi connectivity index (χ1n) is 22.3.